The van der Waals surface area contributed by atoms with E-state index in [9.17, 15) is 14.4 Å². The topological polar surface area (TPSA) is 97.2 Å². The zero-order valence-corrected chi connectivity index (χ0v) is 17.9. The van der Waals surface area contributed by atoms with Crippen LogP contribution in [-0.4, -0.2) is 60.2 Å². The highest BCUT2D eigenvalue weighted by Gasteiger charge is 2.56. The maximum atomic E-state index is 13.2. The van der Waals surface area contributed by atoms with Crippen LogP contribution in [-0.2, 0) is 16.1 Å². The molecule has 158 valence electrons. The number of nitrogens with zero attached hydrogens (tertiary/aromatic N) is 4. The van der Waals surface area contributed by atoms with Gasteiger partial charge in [-0.05, 0) is 31.2 Å². The van der Waals surface area contributed by atoms with Crippen LogP contribution in [0.5, 0.6) is 0 Å². The summed E-state index contributed by atoms with van der Waals surface area (Å²) >= 11 is 12.1. The molecule has 0 aromatic carbocycles. The van der Waals surface area contributed by atoms with Gasteiger partial charge in [0, 0.05) is 37.0 Å². The summed E-state index contributed by atoms with van der Waals surface area (Å²) in [4.78, 5) is 43.7. The van der Waals surface area contributed by atoms with Gasteiger partial charge in [-0.1, -0.05) is 0 Å². The molecule has 0 unspecified atom stereocenters. The molecule has 2 aromatic rings. The molecule has 0 bridgehead atoms. The van der Waals surface area contributed by atoms with Gasteiger partial charge in [0.1, 0.15) is 22.6 Å². The highest BCUT2D eigenvalue weighted by molar-refractivity contribution is 6.50. The van der Waals surface area contributed by atoms with Crippen LogP contribution >= 0.6 is 23.2 Å². The van der Waals surface area contributed by atoms with E-state index in [1.807, 2.05) is 0 Å². The summed E-state index contributed by atoms with van der Waals surface area (Å²) in [6.45, 7) is 1.81. The fourth-order valence-electron chi connectivity index (χ4n) is 4.49. The van der Waals surface area contributed by atoms with E-state index in [1.54, 1.807) is 23.4 Å². The predicted molar refractivity (Wildman–Crippen MR) is 110 cm³/mol. The first kappa shape index (κ1) is 19.8. The maximum absolute atomic E-state index is 13.2. The molecule has 1 N–H and O–H groups in total. The molecule has 2 aromatic heterocycles. The molecule has 30 heavy (non-hydrogen) atoms. The number of fused-ring (bicyclic) bond motifs is 2. The fraction of sp³-hybridized carbons (Fsp3) is 0.550. The summed E-state index contributed by atoms with van der Waals surface area (Å²) in [6, 6.07) is 1.32. The van der Waals surface area contributed by atoms with Crippen LogP contribution in [0.2, 0.25) is 0 Å². The number of aromatic nitrogens is 3. The maximum Gasteiger partial charge on any atom is 0.245 e. The molecule has 8 nitrogen and oxygen atoms in total. The van der Waals surface area contributed by atoms with Gasteiger partial charge < -0.3 is 10.2 Å². The molecule has 3 fully saturated rings. The summed E-state index contributed by atoms with van der Waals surface area (Å²) in [7, 11) is 0. The van der Waals surface area contributed by atoms with Crippen molar-refractivity contribution in [1.82, 2.24) is 25.0 Å². The van der Waals surface area contributed by atoms with Crippen molar-refractivity contribution >= 4 is 51.7 Å². The highest BCUT2D eigenvalue weighted by Crippen LogP contribution is 2.53. The lowest BCUT2D eigenvalue weighted by molar-refractivity contribution is -0.140. The van der Waals surface area contributed by atoms with Gasteiger partial charge in [-0.2, -0.15) is 5.10 Å². The first-order chi connectivity index (χ1) is 14.3. The quantitative estimate of drug-likeness (QED) is 0.536. The molecule has 5 rings (SSSR count). The van der Waals surface area contributed by atoms with Crippen molar-refractivity contribution in [3.8, 4) is 0 Å². The zero-order chi connectivity index (χ0) is 21.2. The van der Waals surface area contributed by atoms with Crippen molar-refractivity contribution in [1.29, 1.82) is 0 Å². The fourth-order valence-corrected chi connectivity index (χ4v) is 5.02. The van der Waals surface area contributed by atoms with Crippen molar-refractivity contribution in [2.45, 2.75) is 49.1 Å². The molecular formula is C20H21Cl2N5O3. The monoisotopic (exact) mass is 449 g/mol. The second-order valence-electron chi connectivity index (χ2n) is 8.48. The molecule has 10 heteroatoms. The van der Waals surface area contributed by atoms with E-state index < -0.39 is 10.4 Å². The summed E-state index contributed by atoms with van der Waals surface area (Å²) < 4.78 is 0.760. The number of pyridine rings is 1. The third-order valence-electron chi connectivity index (χ3n) is 6.35. The third-order valence-corrected chi connectivity index (χ3v) is 7.27. The van der Waals surface area contributed by atoms with Crippen LogP contribution in [0.4, 0.5) is 0 Å². The van der Waals surface area contributed by atoms with E-state index in [0.29, 0.717) is 41.9 Å². The molecule has 3 aliphatic rings. The number of rotatable bonds is 6. The molecular weight excluding hydrogens is 429 g/mol. The molecule has 2 saturated carbocycles. The number of hydrogen-bond donors (Lipinski definition) is 1. The summed E-state index contributed by atoms with van der Waals surface area (Å²) in [6.07, 6.45) is 5.43. The second kappa shape index (κ2) is 6.92. The average Bonchev–Trinajstić information content (AvgIpc) is 3.49. The minimum Gasteiger partial charge on any atom is -0.354 e. The number of carbonyl (C=O) groups excluding carboxylic acids is 3. The number of piperidine rings is 1. The van der Waals surface area contributed by atoms with Crippen molar-refractivity contribution < 1.29 is 14.4 Å². The molecule has 2 amide bonds. The largest absolute Gasteiger partial charge is 0.354 e. The number of alkyl halides is 2. The Labute approximate surface area is 182 Å². The van der Waals surface area contributed by atoms with E-state index in [0.717, 1.165) is 6.42 Å². The smallest absolute Gasteiger partial charge is 0.245 e. The van der Waals surface area contributed by atoms with Gasteiger partial charge in [-0.3, -0.25) is 24.0 Å². The van der Waals surface area contributed by atoms with Crippen LogP contribution < -0.4 is 5.32 Å². The Hall–Kier alpha value is -2.19. The summed E-state index contributed by atoms with van der Waals surface area (Å²) in [5, 5.41) is 7.91. The molecule has 3 heterocycles. The van der Waals surface area contributed by atoms with E-state index >= 15 is 0 Å². The lowest BCUT2D eigenvalue weighted by atomic mass is 10.1. The Bertz CT molecular complexity index is 1070. The predicted octanol–water partition coefficient (Wildman–Crippen LogP) is 1.93. The number of carbonyl (C=O) groups is 3. The van der Waals surface area contributed by atoms with Crippen molar-refractivity contribution in [3.05, 3.63) is 24.2 Å². The minimum absolute atomic E-state index is 0.0441. The Morgan fingerprint density at radius 1 is 1.30 bits per heavy atom. The summed E-state index contributed by atoms with van der Waals surface area (Å²) in [5.74, 6) is -0.0952. The number of Topliss-reactive ketones (excluding diaryl/α,β-unsaturated/α-hetero) is 1. The number of likely N-dealkylation sites (tertiary alicyclic amines) is 1. The molecule has 0 spiro atoms. The molecule has 4 atom stereocenters. The van der Waals surface area contributed by atoms with Gasteiger partial charge in [0.2, 0.25) is 11.8 Å². The van der Waals surface area contributed by atoms with Gasteiger partial charge in [0.15, 0.2) is 5.78 Å². The second-order valence-corrected chi connectivity index (χ2v) is 10.0. The number of halogens is 2. The van der Waals surface area contributed by atoms with E-state index in [-0.39, 0.29) is 36.1 Å². The Balaban J connectivity index is 1.32. The van der Waals surface area contributed by atoms with E-state index in [2.05, 4.69) is 15.4 Å². The van der Waals surface area contributed by atoms with Gasteiger partial charge in [0.05, 0.1) is 11.7 Å². The van der Waals surface area contributed by atoms with Crippen molar-refractivity contribution in [3.63, 3.8) is 0 Å². The van der Waals surface area contributed by atoms with Gasteiger partial charge in [0.25, 0.3) is 0 Å². The van der Waals surface area contributed by atoms with Crippen LogP contribution in [0.1, 0.15) is 36.7 Å². The van der Waals surface area contributed by atoms with Crippen LogP contribution in [0.3, 0.4) is 0 Å². The number of nitrogens with one attached hydrogen (secondary N) is 1. The number of ketones is 1. The summed E-state index contributed by atoms with van der Waals surface area (Å²) in [5.41, 5.74) is 0.938. The SMILES string of the molecule is CC(=O)c1nn(CC(=O)N2[C@@H]3C[C@@H]3C[C@H]2C(=O)NC[C@H]2CC2(Cl)Cl)c2cnccc12. The van der Waals surface area contributed by atoms with Gasteiger partial charge >= 0.3 is 0 Å². The Morgan fingerprint density at radius 2 is 2.07 bits per heavy atom. The van der Waals surface area contributed by atoms with Crippen LogP contribution in [0.25, 0.3) is 10.9 Å². The molecule has 1 aliphatic heterocycles. The third kappa shape index (κ3) is 3.36. The van der Waals surface area contributed by atoms with Crippen molar-refractivity contribution in [2.24, 2.45) is 11.8 Å². The Morgan fingerprint density at radius 3 is 2.77 bits per heavy atom. The number of hydrogen-bond acceptors (Lipinski definition) is 5. The van der Waals surface area contributed by atoms with Gasteiger partial charge in [-0.15, -0.1) is 23.2 Å². The lowest BCUT2D eigenvalue weighted by Crippen LogP contribution is -2.49. The lowest BCUT2D eigenvalue weighted by Gasteiger charge is -2.27. The Kier molecular flexibility index (Phi) is 4.56. The average molecular weight is 450 g/mol. The number of amides is 2. The van der Waals surface area contributed by atoms with Gasteiger partial charge in [-0.25, -0.2) is 0 Å². The van der Waals surface area contributed by atoms with Crippen molar-refractivity contribution in [2.75, 3.05) is 6.54 Å². The first-order valence-corrected chi connectivity index (χ1v) is 10.8. The van der Waals surface area contributed by atoms with Crippen LogP contribution in [0.15, 0.2) is 18.5 Å². The zero-order valence-electron chi connectivity index (χ0n) is 16.3. The van der Waals surface area contributed by atoms with E-state index in [4.69, 9.17) is 23.2 Å². The molecule has 0 radical (unpaired) electrons. The molecule has 2 aliphatic carbocycles. The molecule has 1 saturated heterocycles. The normalized spacial score (nSPS) is 28.3. The highest BCUT2D eigenvalue weighted by atomic mass is 35.5. The van der Waals surface area contributed by atoms with E-state index in [1.165, 1.54) is 11.6 Å². The minimum atomic E-state index is -0.746. The standard InChI is InChI=1S/C20H21Cl2N5O3/c1-10(28)18-13-2-3-23-8-16(13)26(25-18)9-17(29)27-14-4-11(14)5-15(27)19(30)24-7-12-6-20(12,21)22/h2-3,8,11-12,14-15H,4-7,9H2,1H3,(H,24,30)/t11-,12-,14-,15+/m1/s1. The first-order valence-electron chi connectivity index (χ1n) is 10.0. The van der Waals surface area contributed by atoms with Crippen LogP contribution in [0, 0.1) is 11.8 Å².